The smallest absolute Gasteiger partial charge is 0.230 e. The summed E-state index contributed by atoms with van der Waals surface area (Å²) in [6.07, 6.45) is 1.75. The quantitative estimate of drug-likeness (QED) is 0.918. The molecule has 2 atom stereocenters. The van der Waals surface area contributed by atoms with Crippen LogP contribution in [0.4, 0.5) is 0 Å². The Labute approximate surface area is 154 Å². The van der Waals surface area contributed by atoms with Crippen molar-refractivity contribution in [3.05, 3.63) is 42.1 Å². The highest BCUT2D eigenvalue weighted by Crippen LogP contribution is 2.41. The zero-order valence-electron chi connectivity index (χ0n) is 15.6. The summed E-state index contributed by atoms with van der Waals surface area (Å²) >= 11 is 0. The molecule has 1 aromatic carbocycles. The lowest BCUT2D eigenvalue weighted by molar-refractivity contribution is -0.140. The number of rotatable bonds is 4. The molecule has 5 heteroatoms. The predicted octanol–water partition coefficient (Wildman–Crippen LogP) is 2.74. The van der Waals surface area contributed by atoms with E-state index >= 15 is 0 Å². The maximum Gasteiger partial charge on any atom is 0.230 e. The lowest BCUT2D eigenvalue weighted by Gasteiger charge is -2.42. The molecule has 0 unspecified atom stereocenters. The number of benzene rings is 1. The second-order valence-electron chi connectivity index (χ2n) is 7.89. The molecule has 0 saturated carbocycles. The maximum absolute atomic E-state index is 13.0. The summed E-state index contributed by atoms with van der Waals surface area (Å²) in [6.45, 7) is 7.16. The highest BCUT2D eigenvalue weighted by Gasteiger charge is 2.53. The number of ether oxygens (including phenoxy) is 1. The van der Waals surface area contributed by atoms with Gasteiger partial charge in [-0.2, -0.15) is 0 Å². The van der Waals surface area contributed by atoms with E-state index in [0.717, 1.165) is 49.1 Å². The number of nitrogens with one attached hydrogen (secondary N) is 1. The molecule has 4 rings (SSSR count). The monoisotopic (exact) mass is 353 g/mol. The molecule has 0 radical (unpaired) electrons. The number of amides is 1. The topological polar surface area (TPSA) is 54.5 Å². The molecule has 2 saturated heterocycles. The molecule has 3 heterocycles. The van der Waals surface area contributed by atoms with Crippen LogP contribution in [0.15, 0.2) is 36.4 Å². The van der Waals surface area contributed by atoms with Crippen molar-refractivity contribution in [3.63, 3.8) is 0 Å². The van der Waals surface area contributed by atoms with Crippen molar-refractivity contribution in [2.45, 2.75) is 45.4 Å². The molecule has 2 fully saturated rings. The number of para-hydroxylation sites is 1. The molecule has 0 aliphatic carbocycles. The van der Waals surface area contributed by atoms with E-state index in [4.69, 9.17) is 9.72 Å². The number of hydrogen-bond acceptors (Lipinski definition) is 4. The zero-order valence-corrected chi connectivity index (χ0v) is 15.6. The number of carbonyl (C=O) groups excluding carboxylic acids is 1. The van der Waals surface area contributed by atoms with Crippen LogP contribution in [0.5, 0.6) is 0 Å². The van der Waals surface area contributed by atoms with Gasteiger partial charge in [0.1, 0.15) is 0 Å². The van der Waals surface area contributed by atoms with Crippen molar-refractivity contribution in [3.8, 4) is 0 Å². The first kappa shape index (κ1) is 17.4. The number of carbonyl (C=O) groups is 1. The Morgan fingerprint density at radius 3 is 3.04 bits per heavy atom. The first-order valence-electron chi connectivity index (χ1n) is 9.56. The Balaban J connectivity index is 1.53. The summed E-state index contributed by atoms with van der Waals surface area (Å²) in [5.41, 5.74) is 1.66. The van der Waals surface area contributed by atoms with Gasteiger partial charge >= 0.3 is 0 Å². The molecule has 1 aromatic heterocycles. The SMILES string of the molecule is CC(C)NC(=O)[C@]12CCO[C@H]1CCN(Cc1ccc3ccccc3n1)C2. The summed E-state index contributed by atoms with van der Waals surface area (Å²) < 4.78 is 5.92. The van der Waals surface area contributed by atoms with E-state index in [1.807, 2.05) is 32.0 Å². The van der Waals surface area contributed by atoms with Crippen LogP contribution in [0.25, 0.3) is 10.9 Å². The third-order valence-corrected chi connectivity index (χ3v) is 5.61. The highest BCUT2D eigenvalue weighted by molar-refractivity contribution is 5.84. The molecule has 0 bridgehead atoms. The summed E-state index contributed by atoms with van der Waals surface area (Å²) in [4.78, 5) is 20.1. The average molecular weight is 353 g/mol. The van der Waals surface area contributed by atoms with Crippen LogP contribution in [0.3, 0.4) is 0 Å². The van der Waals surface area contributed by atoms with Crippen molar-refractivity contribution in [1.29, 1.82) is 0 Å². The van der Waals surface area contributed by atoms with Gasteiger partial charge in [0, 0.05) is 37.7 Å². The van der Waals surface area contributed by atoms with Crippen LogP contribution in [0, 0.1) is 5.41 Å². The minimum atomic E-state index is -0.417. The van der Waals surface area contributed by atoms with Gasteiger partial charge in [-0.15, -0.1) is 0 Å². The Bertz CT molecular complexity index is 807. The summed E-state index contributed by atoms with van der Waals surface area (Å²) in [7, 11) is 0. The van der Waals surface area contributed by atoms with Gasteiger partial charge < -0.3 is 10.1 Å². The van der Waals surface area contributed by atoms with E-state index in [-0.39, 0.29) is 18.1 Å². The molecule has 1 amide bonds. The largest absolute Gasteiger partial charge is 0.377 e. The van der Waals surface area contributed by atoms with Gasteiger partial charge in [0.05, 0.1) is 22.7 Å². The first-order valence-corrected chi connectivity index (χ1v) is 9.56. The minimum Gasteiger partial charge on any atom is -0.377 e. The van der Waals surface area contributed by atoms with Crippen molar-refractivity contribution < 1.29 is 9.53 Å². The van der Waals surface area contributed by atoms with Crippen LogP contribution < -0.4 is 5.32 Å². The van der Waals surface area contributed by atoms with E-state index < -0.39 is 5.41 Å². The van der Waals surface area contributed by atoms with Crippen molar-refractivity contribution in [2.75, 3.05) is 19.7 Å². The Morgan fingerprint density at radius 1 is 1.35 bits per heavy atom. The number of nitrogens with zero attached hydrogens (tertiary/aromatic N) is 2. The fourth-order valence-electron chi connectivity index (χ4n) is 4.32. The number of hydrogen-bond donors (Lipinski definition) is 1. The van der Waals surface area contributed by atoms with Gasteiger partial charge in [-0.05, 0) is 38.8 Å². The van der Waals surface area contributed by atoms with Crippen molar-refractivity contribution in [1.82, 2.24) is 15.2 Å². The van der Waals surface area contributed by atoms with Crippen LogP contribution in [-0.2, 0) is 16.1 Å². The molecule has 5 nitrogen and oxygen atoms in total. The average Bonchev–Trinajstić information content (AvgIpc) is 3.05. The van der Waals surface area contributed by atoms with Crippen molar-refractivity contribution in [2.24, 2.45) is 5.41 Å². The van der Waals surface area contributed by atoms with Gasteiger partial charge in [0.15, 0.2) is 0 Å². The van der Waals surface area contributed by atoms with E-state index in [1.165, 1.54) is 0 Å². The molecular formula is C21H27N3O2. The normalized spacial score (nSPS) is 26.2. The fourth-order valence-corrected chi connectivity index (χ4v) is 4.32. The number of fused-ring (bicyclic) bond motifs is 2. The van der Waals surface area contributed by atoms with Crippen LogP contribution in [0.2, 0.25) is 0 Å². The van der Waals surface area contributed by atoms with Crippen LogP contribution in [-0.4, -0.2) is 47.6 Å². The molecule has 26 heavy (non-hydrogen) atoms. The molecule has 2 aliphatic rings. The highest BCUT2D eigenvalue weighted by atomic mass is 16.5. The van der Waals surface area contributed by atoms with Gasteiger partial charge in [0.2, 0.25) is 5.91 Å². The van der Waals surface area contributed by atoms with Crippen LogP contribution in [0.1, 0.15) is 32.4 Å². The Hall–Kier alpha value is -1.98. The third kappa shape index (κ3) is 3.21. The molecule has 0 spiro atoms. The van der Waals surface area contributed by atoms with E-state index in [9.17, 15) is 4.79 Å². The lowest BCUT2D eigenvalue weighted by Crippen LogP contribution is -2.57. The zero-order chi connectivity index (χ0) is 18.1. The molecule has 2 aliphatic heterocycles. The van der Waals surface area contributed by atoms with Crippen molar-refractivity contribution >= 4 is 16.8 Å². The fraction of sp³-hybridized carbons (Fsp3) is 0.524. The summed E-state index contributed by atoms with van der Waals surface area (Å²) in [6, 6.07) is 12.6. The standard InChI is InChI=1S/C21H27N3O2/c1-15(2)22-20(25)21-10-12-26-19(21)9-11-24(14-21)13-17-8-7-16-5-3-4-6-18(16)23-17/h3-8,15,19H,9-14H2,1-2H3,(H,22,25)/t19-,21-/m0/s1. The van der Waals surface area contributed by atoms with E-state index in [1.54, 1.807) is 0 Å². The number of likely N-dealkylation sites (tertiary alicyclic amines) is 1. The Kier molecular flexibility index (Phi) is 4.67. The number of aromatic nitrogens is 1. The molecule has 1 N–H and O–H groups in total. The predicted molar refractivity (Wildman–Crippen MR) is 102 cm³/mol. The first-order chi connectivity index (χ1) is 12.6. The summed E-state index contributed by atoms with van der Waals surface area (Å²) in [5, 5.41) is 4.28. The molecular weight excluding hydrogens is 326 g/mol. The van der Waals surface area contributed by atoms with Crippen LogP contribution >= 0.6 is 0 Å². The lowest BCUT2D eigenvalue weighted by atomic mass is 9.75. The third-order valence-electron chi connectivity index (χ3n) is 5.61. The molecule has 138 valence electrons. The summed E-state index contributed by atoms with van der Waals surface area (Å²) in [5.74, 6) is 0.145. The van der Waals surface area contributed by atoms with E-state index in [0.29, 0.717) is 6.61 Å². The van der Waals surface area contributed by atoms with Gasteiger partial charge in [-0.3, -0.25) is 14.7 Å². The van der Waals surface area contributed by atoms with Gasteiger partial charge in [-0.1, -0.05) is 24.3 Å². The second-order valence-corrected chi connectivity index (χ2v) is 7.89. The maximum atomic E-state index is 13.0. The van der Waals surface area contributed by atoms with Gasteiger partial charge in [0.25, 0.3) is 0 Å². The second kappa shape index (κ2) is 6.97. The Morgan fingerprint density at radius 2 is 2.19 bits per heavy atom. The minimum absolute atomic E-state index is 0.0436. The number of pyridine rings is 1. The number of piperidine rings is 1. The molecule has 2 aromatic rings. The van der Waals surface area contributed by atoms with E-state index in [2.05, 4.69) is 28.4 Å². The van der Waals surface area contributed by atoms with Gasteiger partial charge in [-0.25, -0.2) is 0 Å².